The Morgan fingerprint density at radius 1 is 0.188 bits per heavy atom. The largest absolute Gasteiger partial charge is 0.310 e. The fraction of sp³-hybridized carbons (Fsp3) is 0. The molecule has 0 aliphatic heterocycles. The van der Waals surface area contributed by atoms with Gasteiger partial charge in [-0.25, -0.2) is 0 Å². The number of hydrogen-bond acceptors (Lipinski definition) is 1. The molecule has 69 heavy (non-hydrogen) atoms. The van der Waals surface area contributed by atoms with Gasteiger partial charge in [0.05, 0.1) is 5.69 Å². The molecule has 0 bridgehead atoms. The van der Waals surface area contributed by atoms with Crippen LogP contribution in [-0.4, -0.2) is 0 Å². The fourth-order valence-corrected chi connectivity index (χ4v) is 10.2. The maximum absolute atomic E-state index is 2.45. The highest BCUT2D eigenvalue weighted by atomic mass is 15.1. The molecule has 0 aliphatic rings. The predicted molar refractivity (Wildman–Crippen MR) is 294 cm³/mol. The third-order valence-corrected chi connectivity index (χ3v) is 13.5. The van der Waals surface area contributed by atoms with Gasteiger partial charge in [0.15, 0.2) is 0 Å². The minimum Gasteiger partial charge on any atom is -0.310 e. The average Bonchev–Trinajstić information content (AvgIpc) is 3.44. The van der Waals surface area contributed by atoms with Crippen molar-refractivity contribution in [1.82, 2.24) is 0 Å². The van der Waals surface area contributed by atoms with Gasteiger partial charge in [-0.05, 0) is 136 Å². The highest BCUT2D eigenvalue weighted by Gasteiger charge is 2.23. The Balaban J connectivity index is 1.08. The first-order chi connectivity index (χ1) is 34.2. The Morgan fingerprint density at radius 3 is 1.12 bits per heavy atom. The van der Waals surface area contributed by atoms with Gasteiger partial charge in [0.1, 0.15) is 0 Å². The van der Waals surface area contributed by atoms with E-state index in [4.69, 9.17) is 0 Å². The van der Waals surface area contributed by atoms with E-state index in [0.29, 0.717) is 0 Å². The number of nitrogens with zero attached hydrogens (tertiary/aromatic N) is 1. The van der Waals surface area contributed by atoms with Crippen LogP contribution in [0.4, 0.5) is 17.1 Å². The summed E-state index contributed by atoms with van der Waals surface area (Å²) >= 11 is 0. The predicted octanol–water partition coefficient (Wildman–Crippen LogP) is 19.1. The molecule has 0 saturated carbocycles. The second kappa shape index (κ2) is 18.3. The number of fused-ring (bicyclic) bond motifs is 3. The minimum atomic E-state index is 1.07. The molecule has 324 valence electrons. The molecule has 12 rings (SSSR count). The second-order valence-electron chi connectivity index (χ2n) is 17.6. The van der Waals surface area contributed by atoms with Gasteiger partial charge in [0.25, 0.3) is 0 Å². The van der Waals surface area contributed by atoms with Crippen LogP contribution in [0.15, 0.2) is 285 Å². The van der Waals surface area contributed by atoms with Crippen molar-refractivity contribution in [2.24, 2.45) is 0 Å². The molecule has 12 aromatic carbocycles. The zero-order valence-electron chi connectivity index (χ0n) is 38.1. The molecule has 1 heteroatoms. The van der Waals surface area contributed by atoms with Gasteiger partial charge >= 0.3 is 0 Å². The average molecular weight is 878 g/mol. The third kappa shape index (κ3) is 7.97. The zero-order valence-corrected chi connectivity index (χ0v) is 38.1. The maximum Gasteiger partial charge on any atom is 0.0540 e. The lowest BCUT2D eigenvalue weighted by Crippen LogP contribution is -2.11. The first-order valence-corrected chi connectivity index (χ1v) is 23.7. The normalized spacial score (nSPS) is 11.2. The molecule has 0 spiro atoms. The summed E-state index contributed by atoms with van der Waals surface area (Å²) in [4.78, 5) is 2.45. The SMILES string of the molecule is c1ccc(-c2ccc(N(c3ccc(-c4ccc(-c5ccccc5)c(-c5ccccc5)c4)cc3)c3ccc4c(-c5ccccc5)c(-c5ccccc5)c5ccccc5c4c3)c(-c3ccccc3)c2)cc1. The van der Waals surface area contributed by atoms with Gasteiger partial charge in [0, 0.05) is 16.9 Å². The van der Waals surface area contributed by atoms with E-state index < -0.39 is 0 Å². The van der Waals surface area contributed by atoms with Crippen LogP contribution in [0, 0.1) is 0 Å². The molecule has 0 amide bonds. The Hall–Kier alpha value is -9.04. The van der Waals surface area contributed by atoms with E-state index in [0.717, 1.165) is 33.8 Å². The van der Waals surface area contributed by atoms with Gasteiger partial charge in [-0.2, -0.15) is 0 Å². The molecule has 0 aliphatic carbocycles. The van der Waals surface area contributed by atoms with E-state index >= 15 is 0 Å². The van der Waals surface area contributed by atoms with Gasteiger partial charge < -0.3 is 4.90 Å². The molecule has 0 radical (unpaired) electrons. The third-order valence-electron chi connectivity index (χ3n) is 13.5. The summed E-state index contributed by atoms with van der Waals surface area (Å²) in [6.07, 6.45) is 0. The first-order valence-electron chi connectivity index (χ1n) is 23.7. The Labute approximate surface area is 404 Å². The van der Waals surface area contributed by atoms with E-state index in [1.54, 1.807) is 0 Å². The van der Waals surface area contributed by atoms with Crippen LogP contribution in [0.3, 0.4) is 0 Å². The molecule has 0 aromatic heterocycles. The van der Waals surface area contributed by atoms with Crippen LogP contribution in [0.2, 0.25) is 0 Å². The molecule has 0 unspecified atom stereocenters. The smallest absolute Gasteiger partial charge is 0.0540 e. The molecular weight excluding hydrogens is 831 g/mol. The van der Waals surface area contributed by atoms with Gasteiger partial charge in [-0.1, -0.05) is 243 Å². The van der Waals surface area contributed by atoms with Gasteiger partial charge in [-0.3, -0.25) is 0 Å². The lowest BCUT2D eigenvalue weighted by molar-refractivity contribution is 1.29. The number of rotatable bonds is 10. The van der Waals surface area contributed by atoms with Crippen molar-refractivity contribution in [1.29, 1.82) is 0 Å². The summed E-state index contributed by atoms with van der Waals surface area (Å²) < 4.78 is 0. The standard InChI is InChI=1S/C68H47N/c1-7-21-48(22-8-1)56-38-44-66(64(46-56)52-27-13-4-14-28-52)69(57-39-35-49(36-40-57)55-37-42-59(50-23-9-2-10-24-50)63(45-55)51-25-11-3-12-26-51)58-41-43-62-65(47-58)60-33-19-20-34-61(60)67(53-29-15-5-16-30-53)68(62)54-31-17-6-18-32-54/h1-47H. The Morgan fingerprint density at radius 2 is 0.565 bits per heavy atom. The fourth-order valence-electron chi connectivity index (χ4n) is 10.2. The van der Waals surface area contributed by atoms with Crippen LogP contribution < -0.4 is 4.90 Å². The van der Waals surface area contributed by atoms with Crippen molar-refractivity contribution >= 4 is 38.6 Å². The Bertz CT molecular complexity index is 3720. The number of anilines is 3. The molecule has 12 aromatic rings. The molecule has 0 N–H and O–H groups in total. The zero-order chi connectivity index (χ0) is 45.9. The summed E-state index contributed by atoms with van der Waals surface area (Å²) in [6.45, 7) is 0. The molecule has 1 nitrogen and oxygen atoms in total. The lowest BCUT2D eigenvalue weighted by atomic mass is 9.85. The molecule has 0 heterocycles. The van der Waals surface area contributed by atoms with Crippen molar-refractivity contribution in [3.8, 4) is 77.9 Å². The van der Waals surface area contributed by atoms with E-state index in [2.05, 4.69) is 290 Å². The van der Waals surface area contributed by atoms with E-state index in [1.165, 1.54) is 82.7 Å². The molecule has 0 saturated heterocycles. The van der Waals surface area contributed by atoms with Crippen molar-refractivity contribution < 1.29 is 0 Å². The quantitative estimate of drug-likeness (QED) is 0.124. The van der Waals surface area contributed by atoms with Crippen molar-refractivity contribution in [2.75, 3.05) is 4.90 Å². The van der Waals surface area contributed by atoms with Gasteiger partial charge in [-0.15, -0.1) is 0 Å². The minimum absolute atomic E-state index is 1.07. The lowest BCUT2D eigenvalue weighted by Gasteiger charge is -2.29. The summed E-state index contributed by atoms with van der Waals surface area (Å²) in [6, 6.07) is 104. The van der Waals surface area contributed by atoms with Crippen LogP contribution in [0.1, 0.15) is 0 Å². The highest BCUT2D eigenvalue weighted by molar-refractivity contribution is 6.22. The van der Waals surface area contributed by atoms with E-state index in [9.17, 15) is 0 Å². The summed E-state index contributed by atoms with van der Waals surface area (Å²) in [5.74, 6) is 0. The molecular formula is C68H47N. The maximum atomic E-state index is 2.45. The van der Waals surface area contributed by atoms with Crippen molar-refractivity contribution in [3.05, 3.63) is 285 Å². The highest BCUT2D eigenvalue weighted by Crippen LogP contribution is 2.48. The Kier molecular flexibility index (Phi) is 11.0. The first kappa shape index (κ1) is 41.4. The van der Waals surface area contributed by atoms with Gasteiger partial charge in [0.2, 0.25) is 0 Å². The van der Waals surface area contributed by atoms with Crippen LogP contribution >= 0.6 is 0 Å². The van der Waals surface area contributed by atoms with Crippen LogP contribution in [-0.2, 0) is 0 Å². The van der Waals surface area contributed by atoms with Crippen LogP contribution in [0.25, 0.3) is 99.4 Å². The summed E-state index contributed by atoms with van der Waals surface area (Å²) in [5.41, 5.74) is 20.0. The summed E-state index contributed by atoms with van der Waals surface area (Å²) in [5, 5.41) is 4.87. The molecule has 0 fully saturated rings. The second-order valence-corrected chi connectivity index (χ2v) is 17.6. The molecule has 0 atom stereocenters. The van der Waals surface area contributed by atoms with E-state index in [1.807, 2.05) is 0 Å². The summed E-state index contributed by atoms with van der Waals surface area (Å²) in [7, 11) is 0. The van der Waals surface area contributed by atoms with Crippen molar-refractivity contribution in [3.63, 3.8) is 0 Å². The number of hydrogen-bond donors (Lipinski definition) is 0. The topological polar surface area (TPSA) is 3.24 Å². The van der Waals surface area contributed by atoms with Crippen molar-refractivity contribution in [2.45, 2.75) is 0 Å². The van der Waals surface area contributed by atoms with E-state index in [-0.39, 0.29) is 0 Å². The number of benzene rings is 12. The monoisotopic (exact) mass is 877 g/mol. The van der Waals surface area contributed by atoms with Crippen LogP contribution in [0.5, 0.6) is 0 Å².